The van der Waals surface area contributed by atoms with Gasteiger partial charge in [-0.2, -0.15) is 0 Å². The van der Waals surface area contributed by atoms with E-state index in [1.807, 2.05) is 31.7 Å². The molecular formula is C17H28N4O2. The highest BCUT2D eigenvalue weighted by atomic mass is 16.3. The molecule has 1 aromatic rings. The van der Waals surface area contributed by atoms with Gasteiger partial charge in [0.25, 0.3) is 0 Å². The molecule has 1 aliphatic heterocycles. The average molecular weight is 320 g/mol. The van der Waals surface area contributed by atoms with Crippen LogP contribution in [-0.4, -0.2) is 42.9 Å². The minimum atomic E-state index is 0.288. The van der Waals surface area contributed by atoms with Gasteiger partial charge in [-0.25, -0.2) is 4.99 Å². The molecule has 0 aromatic carbocycles. The van der Waals surface area contributed by atoms with Crippen LogP contribution in [0.2, 0.25) is 0 Å². The predicted molar refractivity (Wildman–Crippen MR) is 91.4 cm³/mol. The lowest BCUT2D eigenvalue weighted by atomic mass is 10.2. The van der Waals surface area contributed by atoms with E-state index in [1.54, 1.807) is 0 Å². The number of carbonyl (C=O) groups is 1. The molecule has 1 aliphatic rings. The first-order chi connectivity index (χ1) is 11.1. The molecule has 0 radical (unpaired) electrons. The van der Waals surface area contributed by atoms with Crippen molar-refractivity contribution in [1.29, 1.82) is 0 Å². The van der Waals surface area contributed by atoms with Crippen LogP contribution in [0, 0.1) is 13.8 Å². The number of likely N-dealkylation sites (tertiary alicyclic amines) is 1. The first-order valence-corrected chi connectivity index (χ1v) is 8.46. The number of amides is 1. The maximum Gasteiger partial charge on any atom is 0.222 e. The minimum absolute atomic E-state index is 0.288. The molecule has 2 N–H and O–H groups in total. The Morgan fingerprint density at radius 2 is 2.22 bits per heavy atom. The number of rotatable bonds is 7. The first kappa shape index (κ1) is 17.4. The smallest absolute Gasteiger partial charge is 0.222 e. The topological polar surface area (TPSA) is 69.9 Å². The summed E-state index contributed by atoms with van der Waals surface area (Å²) in [6.45, 7) is 9.92. The summed E-state index contributed by atoms with van der Waals surface area (Å²) < 4.78 is 5.52. The van der Waals surface area contributed by atoms with Gasteiger partial charge in [0, 0.05) is 38.2 Å². The van der Waals surface area contributed by atoms with E-state index in [0.717, 1.165) is 62.1 Å². The summed E-state index contributed by atoms with van der Waals surface area (Å²) in [7, 11) is 0. The lowest BCUT2D eigenvalue weighted by molar-refractivity contribution is -0.127. The summed E-state index contributed by atoms with van der Waals surface area (Å²) in [6.07, 6.45) is 2.64. The van der Waals surface area contributed by atoms with Crippen LogP contribution < -0.4 is 10.6 Å². The molecule has 0 unspecified atom stereocenters. The van der Waals surface area contributed by atoms with Crippen LogP contribution in [0.1, 0.15) is 43.3 Å². The molecule has 0 bridgehead atoms. The third kappa shape index (κ3) is 5.30. The Labute approximate surface area is 138 Å². The van der Waals surface area contributed by atoms with Gasteiger partial charge < -0.3 is 20.0 Å². The second-order valence-corrected chi connectivity index (χ2v) is 5.90. The normalized spacial score (nSPS) is 15.3. The number of guanidine groups is 1. The summed E-state index contributed by atoms with van der Waals surface area (Å²) in [6, 6.07) is 2.03. The molecule has 1 saturated heterocycles. The zero-order valence-corrected chi connectivity index (χ0v) is 14.4. The van der Waals surface area contributed by atoms with Crippen LogP contribution in [-0.2, 0) is 11.3 Å². The highest BCUT2D eigenvalue weighted by Gasteiger charge is 2.18. The standard InChI is InChI=1S/C17H28N4O2/c1-4-18-17(20-12-15-11-13(2)23-14(15)3)19-8-6-10-21-9-5-7-16(21)22/h11H,4-10,12H2,1-3H3,(H2,18,19,20). The van der Waals surface area contributed by atoms with Crippen LogP contribution in [0.3, 0.4) is 0 Å². The average Bonchev–Trinajstić information content (AvgIpc) is 3.06. The van der Waals surface area contributed by atoms with Crippen LogP contribution >= 0.6 is 0 Å². The van der Waals surface area contributed by atoms with Crippen LogP contribution in [0.15, 0.2) is 15.5 Å². The van der Waals surface area contributed by atoms with Crippen LogP contribution in [0.4, 0.5) is 0 Å². The van der Waals surface area contributed by atoms with Gasteiger partial charge in [-0.1, -0.05) is 0 Å². The molecule has 6 nitrogen and oxygen atoms in total. The van der Waals surface area contributed by atoms with E-state index in [9.17, 15) is 4.79 Å². The molecular weight excluding hydrogens is 292 g/mol. The number of carbonyl (C=O) groups excluding carboxylic acids is 1. The number of nitrogens with one attached hydrogen (secondary N) is 2. The molecule has 0 aliphatic carbocycles. The highest BCUT2D eigenvalue weighted by Crippen LogP contribution is 2.14. The van der Waals surface area contributed by atoms with Crippen molar-refractivity contribution in [2.75, 3.05) is 26.2 Å². The molecule has 0 saturated carbocycles. The Morgan fingerprint density at radius 3 is 2.83 bits per heavy atom. The van der Waals surface area contributed by atoms with E-state index in [2.05, 4.69) is 15.6 Å². The number of hydrogen-bond acceptors (Lipinski definition) is 3. The van der Waals surface area contributed by atoms with Gasteiger partial charge >= 0.3 is 0 Å². The zero-order valence-electron chi connectivity index (χ0n) is 14.4. The molecule has 1 amide bonds. The Hall–Kier alpha value is -1.98. The quantitative estimate of drug-likeness (QED) is 0.458. The number of nitrogens with zero attached hydrogens (tertiary/aromatic N) is 2. The monoisotopic (exact) mass is 320 g/mol. The fraction of sp³-hybridized carbons (Fsp3) is 0.647. The molecule has 2 rings (SSSR count). The maximum atomic E-state index is 11.6. The molecule has 2 heterocycles. The summed E-state index contributed by atoms with van der Waals surface area (Å²) in [4.78, 5) is 18.1. The van der Waals surface area contributed by atoms with Crippen LogP contribution in [0.25, 0.3) is 0 Å². The van der Waals surface area contributed by atoms with Gasteiger partial charge in [-0.05, 0) is 39.7 Å². The van der Waals surface area contributed by atoms with Gasteiger partial charge in [0.15, 0.2) is 5.96 Å². The third-order valence-electron chi connectivity index (χ3n) is 3.96. The Balaban J connectivity index is 1.77. The Morgan fingerprint density at radius 1 is 1.39 bits per heavy atom. The predicted octanol–water partition coefficient (Wildman–Crippen LogP) is 1.96. The van der Waals surface area contributed by atoms with Crippen LogP contribution in [0.5, 0.6) is 0 Å². The van der Waals surface area contributed by atoms with Crippen molar-refractivity contribution in [1.82, 2.24) is 15.5 Å². The number of hydrogen-bond donors (Lipinski definition) is 2. The number of furan rings is 1. The van der Waals surface area contributed by atoms with Crippen molar-refractivity contribution >= 4 is 11.9 Å². The molecule has 0 atom stereocenters. The van der Waals surface area contributed by atoms with Crippen molar-refractivity contribution in [2.45, 2.75) is 46.6 Å². The van der Waals surface area contributed by atoms with Crippen molar-refractivity contribution in [3.8, 4) is 0 Å². The second-order valence-electron chi connectivity index (χ2n) is 5.90. The Bertz CT molecular complexity index is 551. The van der Waals surface area contributed by atoms with Crippen molar-refractivity contribution in [3.63, 3.8) is 0 Å². The lowest BCUT2D eigenvalue weighted by Crippen LogP contribution is -2.39. The van der Waals surface area contributed by atoms with E-state index in [0.29, 0.717) is 13.0 Å². The second kappa shape index (κ2) is 8.60. The third-order valence-corrected chi connectivity index (χ3v) is 3.96. The van der Waals surface area contributed by atoms with Gasteiger partial charge in [0.2, 0.25) is 5.91 Å². The molecule has 6 heteroatoms. The van der Waals surface area contributed by atoms with Crippen molar-refractivity contribution in [3.05, 3.63) is 23.2 Å². The van der Waals surface area contributed by atoms with E-state index in [4.69, 9.17) is 4.42 Å². The highest BCUT2D eigenvalue weighted by molar-refractivity contribution is 5.79. The van der Waals surface area contributed by atoms with E-state index in [1.165, 1.54) is 0 Å². The SMILES string of the molecule is CCNC(=NCc1cc(C)oc1C)NCCCN1CCCC1=O. The van der Waals surface area contributed by atoms with Crippen molar-refractivity contribution in [2.24, 2.45) is 4.99 Å². The number of aryl methyl sites for hydroxylation is 2. The van der Waals surface area contributed by atoms with E-state index >= 15 is 0 Å². The van der Waals surface area contributed by atoms with Gasteiger partial charge in [0.05, 0.1) is 6.54 Å². The first-order valence-electron chi connectivity index (χ1n) is 8.46. The zero-order chi connectivity index (χ0) is 16.7. The molecule has 1 aromatic heterocycles. The fourth-order valence-corrected chi connectivity index (χ4v) is 2.76. The van der Waals surface area contributed by atoms with E-state index < -0.39 is 0 Å². The summed E-state index contributed by atoms with van der Waals surface area (Å²) in [5.74, 6) is 2.94. The molecule has 0 spiro atoms. The molecule has 1 fully saturated rings. The summed E-state index contributed by atoms with van der Waals surface area (Å²) >= 11 is 0. The summed E-state index contributed by atoms with van der Waals surface area (Å²) in [5, 5.41) is 6.57. The largest absolute Gasteiger partial charge is 0.466 e. The maximum absolute atomic E-state index is 11.6. The molecule has 23 heavy (non-hydrogen) atoms. The fourth-order valence-electron chi connectivity index (χ4n) is 2.76. The number of aliphatic imine (C=N–C) groups is 1. The summed E-state index contributed by atoms with van der Waals surface area (Å²) in [5.41, 5.74) is 1.11. The molecule has 128 valence electrons. The van der Waals surface area contributed by atoms with Crippen molar-refractivity contribution < 1.29 is 9.21 Å². The van der Waals surface area contributed by atoms with E-state index in [-0.39, 0.29) is 5.91 Å². The minimum Gasteiger partial charge on any atom is -0.466 e. The van der Waals surface area contributed by atoms with Gasteiger partial charge in [-0.15, -0.1) is 0 Å². The van der Waals surface area contributed by atoms with Gasteiger partial charge in [-0.3, -0.25) is 4.79 Å². The lowest BCUT2D eigenvalue weighted by Gasteiger charge is -2.16. The Kier molecular flexibility index (Phi) is 6.50. The van der Waals surface area contributed by atoms with Gasteiger partial charge in [0.1, 0.15) is 11.5 Å².